The third kappa shape index (κ3) is 5.38. The van der Waals surface area contributed by atoms with Crippen molar-refractivity contribution in [2.45, 2.75) is 13.1 Å². The van der Waals surface area contributed by atoms with Crippen LogP contribution in [0.3, 0.4) is 0 Å². The fourth-order valence-corrected chi connectivity index (χ4v) is 3.33. The summed E-state index contributed by atoms with van der Waals surface area (Å²) in [6.07, 6.45) is -3.64. The van der Waals surface area contributed by atoms with Crippen LogP contribution < -0.4 is 14.4 Å². The molecule has 10 heteroatoms. The first-order valence-corrected chi connectivity index (χ1v) is 9.86. The molecule has 0 saturated carbocycles. The van der Waals surface area contributed by atoms with E-state index < -0.39 is 34.2 Å². The molecular weight excluding hydrogens is 397 g/mol. The Balaban J connectivity index is 2.30. The lowest BCUT2D eigenvalue weighted by atomic mass is 10.2. The Hall–Kier alpha value is -2.75. The molecule has 0 unspecified atom stereocenters. The minimum absolute atomic E-state index is 0.0931. The maximum Gasteiger partial charge on any atom is 0.416 e. The molecule has 2 aromatic carbocycles. The second-order valence-corrected chi connectivity index (χ2v) is 7.98. The number of halogens is 3. The zero-order valence-electron chi connectivity index (χ0n) is 15.4. The molecule has 2 aromatic rings. The van der Waals surface area contributed by atoms with Crippen molar-refractivity contribution < 1.29 is 31.1 Å². The van der Waals surface area contributed by atoms with Crippen molar-refractivity contribution >= 4 is 27.3 Å². The van der Waals surface area contributed by atoms with E-state index in [0.29, 0.717) is 0 Å². The van der Waals surface area contributed by atoms with E-state index in [0.717, 1.165) is 34.3 Å². The number of anilines is 2. The number of amides is 1. The molecule has 0 aliphatic heterocycles. The van der Waals surface area contributed by atoms with E-state index >= 15 is 0 Å². The zero-order chi connectivity index (χ0) is 21.1. The molecule has 1 amide bonds. The molecule has 0 spiro atoms. The summed E-state index contributed by atoms with van der Waals surface area (Å²) in [6.45, 7) is 1.11. The van der Waals surface area contributed by atoms with Gasteiger partial charge in [0.1, 0.15) is 12.3 Å². The third-order valence-electron chi connectivity index (χ3n) is 3.76. The van der Waals surface area contributed by atoms with E-state index in [1.54, 1.807) is 19.1 Å². The smallest absolute Gasteiger partial charge is 0.416 e. The van der Waals surface area contributed by atoms with Crippen LogP contribution in [0.15, 0.2) is 42.5 Å². The van der Waals surface area contributed by atoms with Gasteiger partial charge in [-0.2, -0.15) is 13.2 Å². The standard InChI is InChI=1S/C18H19F3N2O4S/c1-12-7-8-16(27-2)15(9-12)23(28(3,25)26)11-17(24)22-14-6-4-5-13(10-14)18(19,20)21/h4-10H,11H2,1-3H3,(H,22,24). The van der Waals surface area contributed by atoms with Crippen molar-refractivity contribution in [3.63, 3.8) is 0 Å². The van der Waals surface area contributed by atoms with Crippen molar-refractivity contribution in [1.29, 1.82) is 0 Å². The first-order valence-electron chi connectivity index (χ1n) is 8.01. The number of rotatable bonds is 6. The summed E-state index contributed by atoms with van der Waals surface area (Å²) in [5.74, 6) is -0.559. The van der Waals surface area contributed by atoms with Gasteiger partial charge in [-0.25, -0.2) is 8.42 Å². The fourth-order valence-electron chi connectivity index (χ4n) is 2.48. The molecule has 2 rings (SSSR count). The van der Waals surface area contributed by atoms with Crippen LogP contribution in [0, 0.1) is 6.92 Å². The minimum Gasteiger partial charge on any atom is -0.495 e. The molecule has 0 aliphatic rings. The fraction of sp³-hybridized carbons (Fsp3) is 0.278. The summed E-state index contributed by atoms with van der Waals surface area (Å²) < 4.78 is 68.9. The Morgan fingerprint density at radius 3 is 2.43 bits per heavy atom. The Labute approximate surface area is 161 Å². The van der Waals surface area contributed by atoms with Crippen LogP contribution in [0.25, 0.3) is 0 Å². The van der Waals surface area contributed by atoms with Crippen LogP contribution in [-0.2, 0) is 21.0 Å². The van der Waals surface area contributed by atoms with E-state index in [4.69, 9.17) is 4.74 Å². The molecular formula is C18H19F3N2O4S. The predicted molar refractivity (Wildman–Crippen MR) is 100.0 cm³/mol. The van der Waals surface area contributed by atoms with Gasteiger partial charge in [-0.1, -0.05) is 12.1 Å². The predicted octanol–water partition coefficient (Wildman–Crippen LogP) is 3.43. The molecule has 1 N–H and O–H groups in total. The van der Waals surface area contributed by atoms with Gasteiger partial charge < -0.3 is 10.1 Å². The van der Waals surface area contributed by atoms with Gasteiger partial charge in [0, 0.05) is 5.69 Å². The number of alkyl halides is 3. The molecule has 0 atom stereocenters. The average molecular weight is 416 g/mol. The summed E-state index contributed by atoms with van der Waals surface area (Å²) in [4.78, 5) is 12.3. The van der Waals surface area contributed by atoms with Gasteiger partial charge in [0.25, 0.3) is 0 Å². The van der Waals surface area contributed by atoms with Gasteiger partial charge in [0.2, 0.25) is 15.9 Å². The van der Waals surface area contributed by atoms with Gasteiger partial charge >= 0.3 is 6.18 Å². The number of nitrogens with one attached hydrogen (secondary N) is 1. The van der Waals surface area contributed by atoms with Gasteiger partial charge in [-0.15, -0.1) is 0 Å². The normalized spacial score (nSPS) is 11.8. The lowest BCUT2D eigenvalue weighted by molar-refractivity contribution is -0.137. The molecule has 28 heavy (non-hydrogen) atoms. The molecule has 0 heterocycles. The number of nitrogens with zero attached hydrogens (tertiary/aromatic N) is 1. The summed E-state index contributed by atoms with van der Waals surface area (Å²) in [5, 5.41) is 2.29. The molecule has 0 aromatic heterocycles. The summed E-state index contributed by atoms with van der Waals surface area (Å²) in [5.41, 5.74) is -0.123. The summed E-state index contributed by atoms with van der Waals surface area (Å²) >= 11 is 0. The number of hydrogen-bond acceptors (Lipinski definition) is 4. The summed E-state index contributed by atoms with van der Waals surface area (Å²) in [7, 11) is -2.52. The van der Waals surface area contributed by atoms with Gasteiger partial charge in [0.05, 0.1) is 24.6 Å². The van der Waals surface area contributed by atoms with Crippen LogP contribution in [0.2, 0.25) is 0 Å². The monoisotopic (exact) mass is 416 g/mol. The average Bonchev–Trinajstić information content (AvgIpc) is 2.58. The second kappa shape index (κ2) is 8.09. The van der Waals surface area contributed by atoms with Gasteiger partial charge in [0.15, 0.2) is 0 Å². The largest absolute Gasteiger partial charge is 0.495 e. The number of carbonyl (C=O) groups is 1. The number of methoxy groups -OCH3 is 1. The molecule has 6 nitrogen and oxygen atoms in total. The maximum absolute atomic E-state index is 12.8. The zero-order valence-corrected chi connectivity index (χ0v) is 16.2. The quantitative estimate of drug-likeness (QED) is 0.783. The van der Waals surface area contributed by atoms with E-state index in [1.165, 1.54) is 19.2 Å². The Kier molecular flexibility index (Phi) is 6.23. The highest BCUT2D eigenvalue weighted by atomic mass is 32.2. The Bertz CT molecular complexity index is 975. The number of sulfonamides is 1. The Morgan fingerprint density at radius 1 is 1.18 bits per heavy atom. The second-order valence-electron chi connectivity index (χ2n) is 6.07. The highest BCUT2D eigenvalue weighted by Gasteiger charge is 2.30. The summed E-state index contributed by atoms with van der Waals surface area (Å²) in [6, 6.07) is 8.89. The molecule has 0 bridgehead atoms. The molecule has 0 aliphatic carbocycles. The van der Waals surface area contributed by atoms with Crippen LogP contribution >= 0.6 is 0 Å². The number of carbonyl (C=O) groups excluding carboxylic acids is 1. The molecule has 152 valence electrons. The third-order valence-corrected chi connectivity index (χ3v) is 4.89. The van der Waals surface area contributed by atoms with Crippen LogP contribution in [0.1, 0.15) is 11.1 Å². The van der Waals surface area contributed by atoms with Crippen LogP contribution in [-0.4, -0.2) is 34.2 Å². The van der Waals surface area contributed by atoms with Crippen LogP contribution in [0.4, 0.5) is 24.5 Å². The van der Waals surface area contributed by atoms with Crippen molar-refractivity contribution in [3.05, 3.63) is 53.6 Å². The first kappa shape index (κ1) is 21.5. The SMILES string of the molecule is COc1ccc(C)cc1N(CC(=O)Nc1cccc(C(F)(F)F)c1)S(C)(=O)=O. The number of benzene rings is 2. The molecule has 0 radical (unpaired) electrons. The number of aryl methyl sites for hydroxylation is 1. The first-order chi connectivity index (χ1) is 12.9. The van der Waals surface area contributed by atoms with Crippen LogP contribution in [0.5, 0.6) is 5.75 Å². The van der Waals surface area contributed by atoms with E-state index in [-0.39, 0.29) is 17.1 Å². The molecule has 0 fully saturated rings. The van der Waals surface area contributed by atoms with E-state index in [2.05, 4.69) is 5.32 Å². The Morgan fingerprint density at radius 2 is 1.86 bits per heavy atom. The lowest BCUT2D eigenvalue weighted by Gasteiger charge is -2.24. The maximum atomic E-state index is 12.8. The molecule has 0 saturated heterocycles. The topological polar surface area (TPSA) is 75.7 Å². The number of ether oxygens (including phenoxy) is 1. The highest BCUT2D eigenvalue weighted by Crippen LogP contribution is 2.32. The van der Waals surface area contributed by atoms with E-state index in [1.807, 2.05) is 0 Å². The lowest BCUT2D eigenvalue weighted by Crippen LogP contribution is -2.37. The minimum atomic E-state index is -4.56. The highest BCUT2D eigenvalue weighted by molar-refractivity contribution is 7.92. The van der Waals surface area contributed by atoms with Gasteiger partial charge in [-0.3, -0.25) is 9.10 Å². The van der Waals surface area contributed by atoms with Crippen molar-refractivity contribution in [2.75, 3.05) is 29.5 Å². The van der Waals surface area contributed by atoms with Crippen molar-refractivity contribution in [2.24, 2.45) is 0 Å². The van der Waals surface area contributed by atoms with Gasteiger partial charge in [-0.05, 0) is 42.8 Å². The van der Waals surface area contributed by atoms with Crippen molar-refractivity contribution in [1.82, 2.24) is 0 Å². The van der Waals surface area contributed by atoms with Crippen molar-refractivity contribution in [3.8, 4) is 5.75 Å². The van der Waals surface area contributed by atoms with E-state index in [9.17, 15) is 26.4 Å². The number of hydrogen-bond donors (Lipinski definition) is 1.